The lowest BCUT2D eigenvalue weighted by molar-refractivity contribution is 0.396. The quantitative estimate of drug-likeness (QED) is 0.254. The van der Waals surface area contributed by atoms with Gasteiger partial charge >= 0.3 is 0 Å². The lowest BCUT2D eigenvalue weighted by Crippen LogP contribution is -2.07. The standard InChI is InChI=1S/C38H54O2/c1-21(2)27-15-29(23(5)6)37(30(16-27)24(7)8)33-19-34(36(40-14)20-35(33)39-13)38-31(25(9)10)17-28(22(3)4)18-32(38)26(11)12/h15-26H,1-14H3. The Hall–Kier alpha value is -2.74. The van der Waals surface area contributed by atoms with Crippen LogP contribution in [0, 0.1) is 0 Å². The maximum absolute atomic E-state index is 6.11. The summed E-state index contributed by atoms with van der Waals surface area (Å²) in [6.45, 7) is 27.6. The topological polar surface area (TPSA) is 18.5 Å². The van der Waals surface area contributed by atoms with Crippen LogP contribution in [0.5, 0.6) is 11.5 Å². The van der Waals surface area contributed by atoms with Gasteiger partial charge in [-0.1, -0.05) is 107 Å². The van der Waals surface area contributed by atoms with Crippen molar-refractivity contribution >= 4 is 0 Å². The highest BCUT2D eigenvalue weighted by Gasteiger charge is 2.26. The van der Waals surface area contributed by atoms with E-state index in [-0.39, 0.29) is 0 Å². The highest BCUT2D eigenvalue weighted by atomic mass is 16.5. The van der Waals surface area contributed by atoms with E-state index in [1.165, 1.54) is 44.5 Å². The number of hydrogen-bond donors (Lipinski definition) is 0. The first kappa shape index (κ1) is 31.8. The average molecular weight is 543 g/mol. The highest BCUT2D eigenvalue weighted by Crippen LogP contribution is 2.49. The summed E-state index contributed by atoms with van der Waals surface area (Å²) in [7, 11) is 3.56. The molecule has 0 heterocycles. The molecule has 0 amide bonds. The van der Waals surface area contributed by atoms with Gasteiger partial charge in [-0.25, -0.2) is 0 Å². The molecule has 2 nitrogen and oxygen atoms in total. The molecule has 0 aliphatic heterocycles. The normalized spacial score (nSPS) is 12.1. The summed E-state index contributed by atoms with van der Waals surface area (Å²) in [5.74, 6) is 4.18. The predicted molar refractivity (Wildman–Crippen MR) is 175 cm³/mol. The summed E-state index contributed by atoms with van der Waals surface area (Å²) < 4.78 is 12.2. The van der Waals surface area contributed by atoms with Crippen molar-refractivity contribution in [1.82, 2.24) is 0 Å². The highest BCUT2D eigenvalue weighted by molar-refractivity contribution is 5.87. The van der Waals surface area contributed by atoms with Gasteiger partial charge in [0.25, 0.3) is 0 Å². The van der Waals surface area contributed by atoms with Crippen LogP contribution in [0.3, 0.4) is 0 Å². The van der Waals surface area contributed by atoms with E-state index >= 15 is 0 Å². The zero-order chi connectivity index (χ0) is 30.0. The smallest absolute Gasteiger partial charge is 0.130 e. The largest absolute Gasteiger partial charge is 0.496 e. The molecule has 2 heteroatoms. The molecule has 3 aromatic carbocycles. The first-order valence-corrected chi connectivity index (χ1v) is 15.3. The molecular formula is C38H54O2. The number of rotatable bonds is 10. The van der Waals surface area contributed by atoms with Crippen LogP contribution in [0.2, 0.25) is 0 Å². The summed E-state index contributed by atoms with van der Waals surface area (Å²) in [5, 5.41) is 0. The van der Waals surface area contributed by atoms with Crippen LogP contribution >= 0.6 is 0 Å². The third kappa shape index (κ3) is 6.27. The molecule has 3 rings (SSSR count). The molecule has 0 aromatic heterocycles. The van der Waals surface area contributed by atoms with Crippen LogP contribution in [0.15, 0.2) is 36.4 Å². The van der Waals surface area contributed by atoms with Crippen LogP contribution in [-0.4, -0.2) is 14.2 Å². The summed E-state index contributed by atoms with van der Waals surface area (Å²) in [5.41, 5.74) is 13.3. The van der Waals surface area contributed by atoms with Crippen molar-refractivity contribution in [3.63, 3.8) is 0 Å². The Kier molecular flexibility index (Phi) is 10.2. The molecule has 0 aliphatic carbocycles. The number of methoxy groups -OCH3 is 2. The van der Waals surface area contributed by atoms with Crippen molar-refractivity contribution in [3.8, 4) is 33.8 Å². The van der Waals surface area contributed by atoms with Gasteiger partial charge in [-0.05, 0) is 86.1 Å². The van der Waals surface area contributed by atoms with E-state index in [0.29, 0.717) is 35.5 Å². The lowest BCUT2D eigenvalue weighted by atomic mass is 9.79. The van der Waals surface area contributed by atoms with Crippen molar-refractivity contribution < 1.29 is 9.47 Å². The van der Waals surface area contributed by atoms with E-state index in [9.17, 15) is 0 Å². The Bertz CT molecular complexity index is 1160. The monoisotopic (exact) mass is 542 g/mol. The minimum Gasteiger partial charge on any atom is -0.496 e. The first-order chi connectivity index (χ1) is 18.7. The molecule has 0 unspecified atom stereocenters. The zero-order valence-corrected chi connectivity index (χ0v) is 27.7. The van der Waals surface area contributed by atoms with Crippen molar-refractivity contribution in [2.75, 3.05) is 14.2 Å². The predicted octanol–water partition coefficient (Wildman–Crippen LogP) is 11.8. The van der Waals surface area contributed by atoms with E-state index in [1.807, 2.05) is 0 Å². The fraction of sp³-hybridized carbons (Fsp3) is 0.526. The Labute approximate surface area is 245 Å². The molecule has 0 fully saturated rings. The van der Waals surface area contributed by atoms with Gasteiger partial charge in [-0.15, -0.1) is 0 Å². The fourth-order valence-electron chi connectivity index (χ4n) is 5.82. The van der Waals surface area contributed by atoms with Gasteiger partial charge in [0.15, 0.2) is 0 Å². The van der Waals surface area contributed by atoms with Gasteiger partial charge in [0.2, 0.25) is 0 Å². The number of ether oxygens (including phenoxy) is 2. The van der Waals surface area contributed by atoms with Gasteiger partial charge in [-0.3, -0.25) is 0 Å². The second kappa shape index (κ2) is 12.8. The molecule has 0 N–H and O–H groups in total. The van der Waals surface area contributed by atoms with Gasteiger partial charge in [-0.2, -0.15) is 0 Å². The summed E-state index contributed by atoms with van der Waals surface area (Å²) in [6, 6.07) is 14.2. The molecule has 0 aliphatic rings. The van der Waals surface area contributed by atoms with Gasteiger partial charge < -0.3 is 9.47 Å². The van der Waals surface area contributed by atoms with Gasteiger partial charge in [0, 0.05) is 17.2 Å². The molecule has 0 atom stereocenters. The molecule has 218 valence electrons. The van der Waals surface area contributed by atoms with Crippen molar-refractivity contribution in [2.45, 2.75) is 119 Å². The first-order valence-electron chi connectivity index (χ1n) is 15.3. The molecule has 0 bridgehead atoms. The average Bonchev–Trinajstić information content (AvgIpc) is 2.90. The summed E-state index contributed by atoms with van der Waals surface area (Å²) >= 11 is 0. The van der Waals surface area contributed by atoms with E-state index in [4.69, 9.17) is 9.47 Å². The molecule has 3 aromatic rings. The third-order valence-corrected chi connectivity index (χ3v) is 8.33. The van der Waals surface area contributed by atoms with Crippen LogP contribution in [0.4, 0.5) is 0 Å². The van der Waals surface area contributed by atoms with Crippen molar-refractivity contribution in [2.24, 2.45) is 0 Å². The minimum absolute atomic E-state index is 0.379. The van der Waals surface area contributed by atoms with E-state index in [2.05, 4.69) is 119 Å². The Morgan fingerprint density at radius 1 is 0.375 bits per heavy atom. The van der Waals surface area contributed by atoms with Crippen LogP contribution in [0.1, 0.15) is 152 Å². The van der Waals surface area contributed by atoms with Gasteiger partial charge in [0.05, 0.1) is 14.2 Å². The van der Waals surface area contributed by atoms with Crippen LogP contribution < -0.4 is 9.47 Å². The zero-order valence-electron chi connectivity index (χ0n) is 27.7. The Morgan fingerprint density at radius 2 is 0.650 bits per heavy atom. The van der Waals surface area contributed by atoms with E-state index in [1.54, 1.807) is 14.2 Å². The molecule has 0 saturated carbocycles. The van der Waals surface area contributed by atoms with Crippen molar-refractivity contribution in [3.05, 3.63) is 69.8 Å². The van der Waals surface area contributed by atoms with Crippen molar-refractivity contribution in [1.29, 1.82) is 0 Å². The van der Waals surface area contributed by atoms with E-state index < -0.39 is 0 Å². The Balaban J connectivity index is 2.56. The SMILES string of the molecule is COc1cc(OC)c(-c2c(C(C)C)cc(C(C)C)cc2C(C)C)cc1-c1c(C(C)C)cc(C(C)C)cc1C(C)C. The van der Waals surface area contributed by atoms with Gasteiger partial charge in [0.1, 0.15) is 11.5 Å². The maximum atomic E-state index is 6.11. The molecule has 40 heavy (non-hydrogen) atoms. The molecule has 0 spiro atoms. The second-order valence-electron chi connectivity index (χ2n) is 13.3. The summed E-state index contributed by atoms with van der Waals surface area (Å²) in [6.07, 6.45) is 0. The van der Waals surface area contributed by atoms with Crippen LogP contribution in [-0.2, 0) is 0 Å². The molecular weight excluding hydrogens is 488 g/mol. The molecule has 0 saturated heterocycles. The fourth-order valence-corrected chi connectivity index (χ4v) is 5.82. The molecule has 0 radical (unpaired) electrons. The van der Waals surface area contributed by atoms with Crippen LogP contribution in [0.25, 0.3) is 22.3 Å². The number of hydrogen-bond acceptors (Lipinski definition) is 2. The third-order valence-electron chi connectivity index (χ3n) is 8.33. The minimum atomic E-state index is 0.379. The Morgan fingerprint density at radius 3 is 0.850 bits per heavy atom. The summed E-state index contributed by atoms with van der Waals surface area (Å²) in [4.78, 5) is 0. The lowest BCUT2D eigenvalue weighted by Gasteiger charge is -2.27. The maximum Gasteiger partial charge on any atom is 0.130 e. The second-order valence-corrected chi connectivity index (χ2v) is 13.3. The van der Waals surface area contributed by atoms with E-state index in [0.717, 1.165) is 22.6 Å². The number of benzene rings is 3.